The van der Waals surface area contributed by atoms with E-state index >= 15 is 0 Å². The summed E-state index contributed by atoms with van der Waals surface area (Å²) in [4.78, 5) is 25.6. The van der Waals surface area contributed by atoms with Crippen LogP contribution in [0.2, 0.25) is 0 Å². The van der Waals surface area contributed by atoms with E-state index in [2.05, 4.69) is 23.8 Å². The maximum absolute atomic E-state index is 11.9. The number of nitrogens with zero attached hydrogens (tertiary/aromatic N) is 2. The molecule has 2 amide bonds. The van der Waals surface area contributed by atoms with E-state index in [1.807, 2.05) is 24.9 Å². The lowest BCUT2D eigenvalue weighted by atomic mass is 10.2. The Labute approximate surface area is 152 Å². The molecule has 1 aliphatic heterocycles. The highest BCUT2D eigenvalue weighted by Gasteiger charge is 2.34. The largest absolute Gasteiger partial charge is 0.673 e. The summed E-state index contributed by atoms with van der Waals surface area (Å²) >= 11 is 0. The molecule has 152 valence electrons. The molecule has 0 aromatic heterocycles. The van der Waals surface area contributed by atoms with Crippen molar-refractivity contribution in [3.05, 3.63) is 12.4 Å². The van der Waals surface area contributed by atoms with Gasteiger partial charge in [0.2, 0.25) is 5.91 Å². The number of likely N-dealkylation sites (N-methyl/N-ethyl adjacent to an activating group) is 2. The van der Waals surface area contributed by atoms with E-state index in [9.17, 15) is 26.9 Å². The van der Waals surface area contributed by atoms with Crippen molar-refractivity contribution in [2.24, 2.45) is 0 Å². The Morgan fingerprint density at radius 3 is 2.12 bits per heavy atom. The maximum Gasteiger partial charge on any atom is 0.673 e. The number of nitrogens with one attached hydrogen (secondary N) is 2. The van der Waals surface area contributed by atoms with Gasteiger partial charge in [-0.2, -0.15) is 0 Å². The van der Waals surface area contributed by atoms with E-state index < -0.39 is 7.25 Å². The van der Waals surface area contributed by atoms with Crippen LogP contribution in [-0.2, 0) is 9.59 Å². The summed E-state index contributed by atoms with van der Waals surface area (Å²) in [5, 5.41) is 5.67. The van der Waals surface area contributed by atoms with Crippen molar-refractivity contribution in [2.45, 2.75) is 33.6 Å². The number of amides is 2. The zero-order chi connectivity index (χ0) is 20.2. The predicted octanol–water partition coefficient (Wildman–Crippen LogP) is 1.92. The van der Waals surface area contributed by atoms with Crippen LogP contribution in [0.4, 0.5) is 17.3 Å². The van der Waals surface area contributed by atoms with Crippen LogP contribution in [0, 0.1) is 0 Å². The molecule has 2 N–H and O–H groups in total. The molecule has 1 heterocycles. The minimum atomic E-state index is -6.00. The third kappa shape index (κ3) is 11.7. The summed E-state index contributed by atoms with van der Waals surface area (Å²) in [6.45, 7) is 9.69. The smallest absolute Gasteiger partial charge is 0.418 e. The van der Waals surface area contributed by atoms with Gasteiger partial charge in [0.25, 0.3) is 5.91 Å². The molecule has 0 spiro atoms. The molecular formula is C15H29BF4N4O2. The highest BCUT2D eigenvalue weighted by Crippen LogP contribution is 2.19. The number of rotatable bonds is 9. The van der Waals surface area contributed by atoms with E-state index in [4.69, 9.17) is 0 Å². The Morgan fingerprint density at radius 1 is 1.08 bits per heavy atom. The second-order valence-corrected chi connectivity index (χ2v) is 6.04. The lowest BCUT2D eigenvalue weighted by Crippen LogP contribution is -2.52. The van der Waals surface area contributed by atoms with Gasteiger partial charge in [0, 0.05) is 13.1 Å². The van der Waals surface area contributed by atoms with Crippen LogP contribution in [0.25, 0.3) is 0 Å². The number of carbonyl (C=O) groups excluding carboxylic acids is 2. The average Bonchev–Trinajstić information content (AvgIpc) is 2.87. The van der Waals surface area contributed by atoms with Crippen LogP contribution in [0.5, 0.6) is 0 Å². The van der Waals surface area contributed by atoms with Crippen molar-refractivity contribution in [1.82, 2.24) is 15.5 Å². The van der Waals surface area contributed by atoms with E-state index in [0.29, 0.717) is 37.3 Å². The van der Waals surface area contributed by atoms with Gasteiger partial charge in [-0.05, 0) is 20.3 Å². The molecule has 0 aromatic carbocycles. The van der Waals surface area contributed by atoms with E-state index in [-0.39, 0.29) is 11.8 Å². The fourth-order valence-corrected chi connectivity index (χ4v) is 2.57. The van der Waals surface area contributed by atoms with Gasteiger partial charge >= 0.3 is 7.25 Å². The molecule has 1 aliphatic rings. The quantitative estimate of drug-likeness (QED) is 0.363. The van der Waals surface area contributed by atoms with Gasteiger partial charge in [-0.25, -0.2) is 0 Å². The topological polar surface area (TPSA) is 61.4 Å². The third-order valence-electron chi connectivity index (χ3n) is 3.57. The molecule has 0 saturated heterocycles. The molecule has 1 rings (SSSR count). The molecule has 0 fully saturated rings. The summed E-state index contributed by atoms with van der Waals surface area (Å²) in [5.74, 6) is 0.0914. The van der Waals surface area contributed by atoms with Gasteiger partial charge in [-0.15, -0.1) is 0 Å². The average molecular weight is 384 g/mol. The predicted molar refractivity (Wildman–Crippen MR) is 93.2 cm³/mol. The molecule has 0 aromatic rings. The SMILES string of the molecule is CCCC[N+]1(CC(=O)NCC)C=CN(CC(=O)NCC)C1.F[B-](F)(F)F. The van der Waals surface area contributed by atoms with Gasteiger partial charge in [0.15, 0.2) is 13.2 Å². The summed E-state index contributed by atoms with van der Waals surface area (Å²) in [5.41, 5.74) is 0. The molecule has 26 heavy (non-hydrogen) atoms. The zero-order valence-corrected chi connectivity index (χ0v) is 15.6. The maximum atomic E-state index is 11.9. The Kier molecular flexibility index (Phi) is 11.0. The normalized spacial score (nSPS) is 19.0. The van der Waals surface area contributed by atoms with Crippen LogP contribution >= 0.6 is 0 Å². The molecular weight excluding hydrogens is 355 g/mol. The summed E-state index contributed by atoms with van der Waals surface area (Å²) in [6.07, 6.45) is 6.17. The standard InChI is InChI=1S/C15H28N4O2.BF4/c1-4-7-9-19(12-15(21)17-6-3)10-8-18(13-19)11-14(20)16-5-2;2-1(3,4)5/h8,10H,4-7,9,11-13H2,1-3H3,(H-,16,17,20,21);/q;-1/p+1. The first-order valence-electron chi connectivity index (χ1n) is 8.75. The zero-order valence-electron chi connectivity index (χ0n) is 15.6. The minimum absolute atomic E-state index is 0.0238. The Bertz CT molecular complexity index is 471. The molecule has 1 unspecified atom stereocenters. The third-order valence-corrected chi connectivity index (χ3v) is 3.57. The first-order chi connectivity index (χ1) is 12.0. The Hall–Kier alpha value is -1.78. The number of hydrogen-bond acceptors (Lipinski definition) is 3. The number of carbonyl (C=O) groups is 2. The van der Waals surface area contributed by atoms with Crippen molar-refractivity contribution in [2.75, 3.05) is 39.4 Å². The van der Waals surface area contributed by atoms with Gasteiger partial charge in [0.05, 0.1) is 12.7 Å². The van der Waals surface area contributed by atoms with Crippen LogP contribution in [0.1, 0.15) is 33.6 Å². The summed E-state index contributed by atoms with van der Waals surface area (Å²) in [6, 6.07) is 0. The Morgan fingerprint density at radius 2 is 1.62 bits per heavy atom. The lowest BCUT2D eigenvalue weighted by molar-refractivity contribution is -0.873. The fraction of sp³-hybridized carbons (Fsp3) is 0.733. The molecule has 11 heteroatoms. The van der Waals surface area contributed by atoms with Crippen molar-refractivity contribution >= 4 is 19.1 Å². The summed E-state index contributed by atoms with van der Waals surface area (Å²) < 4.78 is 39.6. The van der Waals surface area contributed by atoms with Crippen LogP contribution < -0.4 is 10.6 Å². The first-order valence-corrected chi connectivity index (χ1v) is 8.75. The van der Waals surface area contributed by atoms with Crippen LogP contribution in [0.15, 0.2) is 12.4 Å². The Balaban J connectivity index is 0.00000110. The lowest BCUT2D eigenvalue weighted by Gasteiger charge is -2.32. The highest BCUT2D eigenvalue weighted by molar-refractivity contribution is 6.50. The monoisotopic (exact) mass is 384 g/mol. The van der Waals surface area contributed by atoms with Crippen molar-refractivity contribution in [3.8, 4) is 0 Å². The van der Waals surface area contributed by atoms with E-state index in [1.165, 1.54) is 0 Å². The van der Waals surface area contributed by atoms with E-state index in [0.717, 1.165) is 19.4 Å². The highest BCUT2D eigenvalue weighted by atomic mass is 19.5. The van der Waals surface area contributed by atoms with E-state index in [1.54, 1.807) is 0 Å². The van der Waals surface area contributed by atoms with Crippen LogP contribution in [0.3, 0.4) is 0 Å². The molecule has 0 radical (unpaired) electrons. The number of quaternary nitrogens is 1. The van der Waals surface area contributed by atoms with Crippen molar-refractivity contribution in [3.63, 3.8) is 0 Å². The van der Waals surface area contributed by atoms with Crippen LogP contribution in [-0.4, -0.2) is 67.8 Å². The van der Waals surface area contributed by atoms with Gasteiger partial charge in [-0.1, -0.05) is 13.3 Å². The number of halogens is 4. The molecule has 0 bridgehead atoms. The molecule has 0 saturated carbocycles. The molecule has 0 aliphatic carbocycles. The van der Waals surface area contributed by atoms with Gasteiger partial charge < -0.3 is 32.8 Å². The number of unbranched alkanes of at least 4 members (excludes halogenated alkanes) is 1. The van der Waals surface area contributed by atoms with Crippen molar-refractivity contribution < 1.29 is 31.3 Å². The van der Waals surface area contributed by atoms with Gasteiger partial charge in [-0.3, -0.25) is 14.1 Å². The molecule has 1 atom stereocenters. The minimum Gasteiger partial charge on any atom is -0.418 e. The van der Waals surface area contributed by atoms with Crippen molar-refractivity contribution in [1.29, 1.82) is 0 Å². The molecule has 6 nitrogen and oxygen atoms in total. The second-order valence-electron chi connectivity index (χ2n) is 6.04. The number of hydrogen-bond donors (Lipinski definition) is 2. The second kappa shape index (κ2) is 11.8. The first kappa shape index (κ1) is 24.2. The fourth-order valence-electron chi connectivity index (χ4n) is 2.57. The summed E-state index contributed by atoms with van der Waals surface area (Å²) in [7, 11) is -6.00. The van der Waals surface area contributed by atoms with Gasteiger partial charge in [0.1, 0.15) is 12.7 Å².